The third kappa shape index (κ3) is 10.7. The molecule has 3 amide bonds. The molecule has 0 aromatic heterocycles. The van der Waals surface area contributed by atoms with Gasteiger partial charge in [0.15, 0.2) is 6.29 Å². The van der Waals surface area contributed by atoms with E-state index >= 15 is 0 Å². The van der Waals surface area contributed by atoms with E-state index in [1.54, 1.807) is 4.90 Å². The first-order valence-electron chi connectivity index (χ1n) is 16.1. The Morgan fingerprint density at radius 1 is 1.00 bits per heavy atom. The van der Waals surface area contributed by atoms with Gasteiger partial charge >= 0.3 is 0 Å². The summed E-state index contributed by atoms with van der Waals surface area (Å²) in [7, 11) is 0. The number of unbranched alkanes of at least 4 members (excludes halogenated alkanes) is 4. The van der Waals surface area contributed by atoms with Crippen LogP contribution in [0.15, 0.2) is 12.7 Å². The lowest BCUT2D eigenvalue weighted by atomic mass is 9.82. The monoisotopic (exact) mass is 627 g/mol. The number of ether oxygens (including phenoxy) is 3. The zero-order valence-corrected chi connectivity index (χ0v) is 26.0. The summed E-state index contributed by atoms with van der Waals surface area (Å²) in [5.74, 6) is -0.0229. The molecule has 2 aliphatic heterocycles. The SMILES string of the molecule is C=CC1CCC1O[C@@H]1C[C@@H](CO)N(C(=O)CCCCCNC(=O)CCCCCOC2OC(CO)C(O)C(O)C2NC(C)=O)C1. The molecule has 3 rings (SSSR count). The van der Waals surface area contributed by atoms with Crippen LogP contribution in [0.5, 0.6) is 0 Å². The fourth-order valence-electron chi connectivity index (χ4n) is 6.05. The summed E-state index contributed by atoms with van der Waals surface area (Å²) in [6.45, 7) is 5.89. The predicted molar refractivity (Wildman–Crippen MR) is 160 cm³/mol. The van der Waals surface area contributed by atoms with Crippen LogP contribution in [-0.4, -0.2) is 125 Å². The second kappa shape index (κ2) is 18.7. The van der Waals surface area contributed by atoms with Crippen LogP contribution in [-0.2, 0) is 28.6 Å². The summed E-state index contributed by atoms with van der Waals surface area (Å²) in [5, 5.41) is 45.0. The van der Waals surface area contributed by atoms with Crippen molar-refractivity contribution in [3.8, 4) is 0 Å². The molecular formula is C31H53N3O10. The molecule has 13 nitrogen and oxygen atoms in total. The molecule has 0 bridgehead atoms. The molecule has 1 saturated carbocycles. The van der Waals surface area contributed by atoms with Gasteiger partial charge in [-0.25, -0.2) is 0 Å². The van der Waals surface area contributed by atoms with Crippen LogP contribution < -0.4 is 10.6 Å². The topological polar surface area (TPSA) is 187 Å². The number of amides is 3. The number of carbonyl (C=O) groups excluding carboxylic acids is 3. The van der Waals surface area contributed by atoms with E-state index in [2.05, 4.69) is 17.2 Å². The summed E-state index contributed by atoms with van der Waals surface area (Å²) in [6.07, 6.45) is 5.19. The second-order valence-corrected chi connectivity index (χ2v) is 12.2. The van der Waals surface area contributed by atoms with Gasteiger partial charge in [-0.3, -0.25) is 14.4 Å². The van der Waals surface area contributed by atoms with E-state index in [-0.39, 0.29) is 43.3 Å². The Bertz CT molecular complexity index is 923. The van der Waals surface area contributed by atoms with Gasteiger partial charge in [0.1, 0.15) is 24.4 Å². The van der Waals surface area contributed by atoms with Gasteiger partial charge in [0.25, 0.3) is 0 Å². The number of hydrogen-bond acceptors (Lipinski definition) is 10. The first kappa shape index (κ1) is 36.3. The number of aliphatic hydroxyl groups excluding tert-OH is 4. The Balaban J connectivity index is 1.21. The van der Waals surface area contributed by atoms with Gasteiger partial charge in [-0.05, 0) is 44.9 Å². The molecule has 0 radical (unpaired) electrons. The average molecular weight is 628 g/mol. The quantitative estimate of drug-likeness (QED) is 0.0849. The molecule has 2 saturated heterocycles. The molecule has 2 heterocycles. The Kier molecular flexibility index (Phi) is 15.5. The van der Waals surface area contributed by atoms with Gasteiger partial charge in [0.2, 0.25) is 17.7 Å². The normalized spacial score (nSPS) is 31.8. The molecule has 0 aromatic carbocycles. The number of rotatable bonds is 19. The lowest BCUT2D eigenvalue weighted by molar-refractivity contribution is -0.270. The van der Waals surface area contributed by atoms with Gasteiger partial charge in [-0.2, -0.15) is 0 Å². The first-order valence-corrected chi connectivity index (χ1v) is 16.1. The number of likely N-dealkylation sites (tertiary alicyclic amines) is 1. The third-order valence-corrected chi connectivity index (χ3v) is 8.81. The number of hydrogen-bond donors (Lipinski definition) is 6. The zero-order valence-electron chi connectivity index (χ0n) is 26.0. The van der Waals surface area contributed by atoms with Crippen molar-refractivity contribution in [3.63, 3.8) is 0 Å². The summed E-state index contributed by atoms with van der Waals surface area (Å²) in [5.41, 5.74) is 0. The van der Waals surface area contributed by atoms with E-state index in [0.717, 1.165) is 32.1 Å². The number of nitrogens with zero attached hydrogens (tertiary/aromatic N) is 1. The lowest BCUT2D eigenvalue weighted by Gasteiger charge is -2.42. The van der Waals surface area contributed by atoms with E-state index < -0.39 is 43.2 Å². The smallest absolute Gasteiger partial charge is 0.222 e. The number of carbonyl (C=O) groups is 3. The minimum atomic E-state index is -1.36. The Hall–Kier alpha value is -2.13. The van der Waals surface area contributed by atoms with E-state index in [4.69, 9.17) is 14.2 Å². The van der Waals surface area contributed by atoms with Crippen LogP contribution in [0.2, 0.25) is 0 Å². The highest BCUT2D eigenvalue weighted by Crippen LogP contribution is 2.34. The third-order valence-electron chi connectivity index (χ3n) is 8.81. The van der Waals surface area contributed by atoms with Crippen molar-refractivity contribution >= 4 is 17.7 Å². The van der Waals surface area contributed by atoms with Crippen LogP contribution in [0.1, 0.15) is 77.6 Å². The van der Waals surface area contributed by atoms with Gasteiger partial charge in [-0.15, -0.1) is 6.58 Å². The van der Waals surface area contributed by atoms with Crippen LogP contribution >= 0.6 is 0 Å². The summed E-state index contributed by atoms with van der Waals surface area (Å²) in [4.78, 5) is 38.2. The minimum absolute atomic E-state index is 0.0368. The molecule has 0 spiro atoms. The highest BCUT2D eigenvalue weighted by atomic mass is 16.7. The second-order valence-electron chi connectivity index (χ2n) is 12.2. The van der Waals surface area contributed by atoms with Crippen molar-refractivity contribution in [2.45, 2.75) is 126 Å². The molecule has 0 aromatic rings. The number of aliphatic hydroxyl groups is 4. The Morgan fingerprint density at radius 2 is 1.75 bits per heavy atom. The van der Waals surface area contributed by atoms with E-state index in [1.165, 1.54) is 6.92 Å². The minimum Gasteiger partial charge on any atom is -0.394 e. The van der Waals surface area contributed by atoms with Crippen molar-refractivity contribution in [1.82, 2.24) is 15.5 Å². The fraction of sp³-hybridized carbons (Fsp3) is 0.839. The molecule has 7 unspecified atom stereocenters. The summed E-state index contributed by atoms with van der Waals surface area (Å²) in [6, 6.07) is -1.16. The maximum absolute atomic E-state index is 12.8. The van der Waals surface area contributed by atoms with Crippen LogP contribution in [0.4, 0.5) is 0 Å². The van der Waals surface area contributed by atoms with E-state index in [1.807, 2.05) is 6.08 Å². The van der Waals surface area contributed by atoms with E-state index in [9.17, 15) is 34.8 Å². The Labute approximate surface area is 260 Å². The molecule has 6 N–H and O–H groups in total. The average Bonchev–Trinajstić information content (AvgIpc) is 3.41. The standard InChI is InChI=1S/C31H53N3O10/c1-3-21-12-13-24(21)43-23-16-22(18-35)34(17-23)27(39)11-7-4-8-14-32-26(38)10-6-5-9-15-42-31-28(33-20(2)37)30(41)29(40)25(19-36)44-31/h3,21-25,28-31,35-36,40-41H,1,4-19H2,2H3,(H,32,38)(H,33,37)/t21?,22-,23+,24?,25?,28?,29?,30?,31?/m0/s1. The first-order chi connectivity index (χ1) is 21.2. The van der Waals surface area contributed by atoms with E-state index in [0.29, 0.717) is 57.5 Å². The van der Waals surface area contributed by atoms with Gasteiger partial charge < -0.3 is 50.2 Å². The largest absolute Gasteiger partial charge is 0.394 e. The van der Waals surface area contributed by atoms with Crippen LogP contribution in [0.25, 0.3) is 0 Å². The molecule has 44 heavy (non-hydrogen) atoms. The summed E-state index contributed by atoms with van der Waals surface area (Å²) >= 11 is 0. The van der Waals surface area contributed by atoms with Crippen molar-refractivity contribution in [1.29, 1.82) is 0 Å². The zero-order chi connectivity index (χ0) is 32.1. The van der Waals surface area contributed by atoms with Crippen LogP contribution in [0, 0.1) is 5.92 Å². The maximum atomic E-state index is 12.8. The molecule has 13 heteroatoms. The van der Waals surface area contributed by atoms with Crippen molar-refractivity contribution < 1.29 is 49.0 Å². The molecule has 252 valence electrons. The molecule has 9 atom stereocenters. The molecular weight excluding hydrogens is 574 g/mol. The molecule has 3 aliphatic rings. The maximum Gasteiger partial charge on any atom is 0.222 e. The lowest BCUT2D eigenvalue weighted by Crippen LogP contribution is -2.64. The number of nitrogens with one attached hydrogen (secondary N) is 2. The van der Waals surface area contributed by atoms with Gasteiger partial charge in [-0.1, -0.05) is 18.9 Å². The van der Waals surface area contributed by atoms with Crippen molar-refractivity contribution in [3.05, 3.63) is 12.7 Å². The molecule has 3 fully saturated rings. The summed E-state index contributed by atoms with van der Waals surface area (Å²) < 4.78 is 17.4. The predicted octanol–water partition coefficient (Wildman–Crippen LogP) is 0.127. The highest BCUT2D eigenvalue weighted by Gasteiger charge is 2.45. The van der Waals surface area contributed by atoms with Crippen molar-refractivity contribution in [2.24, 2.45) is 5.92 Å². The fourth-order valence-corrected chi connectivity index (χ4v) is 6.05. The highest BCUT2D eigenvalue weighted by molar-refractivity contribution is 5.77. The molecule has 1 aliphatic carbocycles. The van der Waals surface area contributed by atoms with Gasteiger partial charge in [0.05, 0.1) is 31.5 Å². The Morgan fingerprint density at radius 3 is 2.41 bits per heavy atom. The van der Waals surface area contributed by atoms with Gasteiger partial charge in [0, 0.05) is 45.4 Å². The van der Waals surface area contributed by atoms with Crippen LogP contribution in [0.3, 0.4) is 0 Å². The van der Waals surface area contributed by atoms with Crippen molar-refractivity contribution in [2.75, 3.05) is 32.9 Å².